The number of aromatic nitrogens is 2. The molecule has 1 amide bonds. The molecule has 0 bridgehead atoms. The van der Waals surface area contributed by atoms with Gasteiger partial charge < -0.3 is 19.4 Å². The number of hydrogen-bond donors (Lipinski definition) is 0. The van der Waals surface area contributed by atoms with Crippen LogP contribution in [0.3, 0.4) is 0 Å². The van der Waals surface area contributed by atoms with Gasteiger partial charge in [-0.3, -0.25) is 14.6 Å². The molecule has 10 heteroatoms. The number of hydrogen-bond acceptors (Lipinski definition) is 9. The van der Waals surface area contributed by atoms with Crippen LogP contribution in [0, 0.1) is 11.3 Å². The Morgan fingerprint density at radius 1 is 1.00 bits per heavy atom. The van der Waals surface area contributed by atoms with Gasteiger partial charge in [0.05, 0.1) is 24.2 Å². The highest BCUT2D eigenvalue weighted by Crippen LogP contribution is 2.37. The summed E-state index contributed by atoms with van der Waals surface area (Å²) >= 11 is 0. The van der Waals surface area contributed by atoms with Gasteiger partial charge in [0.2, 0.25) is 5.91 Å². The van der Waals surface area contributed by atoms with Crippen LogP contribution in [0.1, 0.15) is 75.6 Å². The number of para-hydroxylation sites is 1. The van der Waals surface area contributed by atoms with Crippen molar-refractivity contribution in [3.63, 3.8) is 0 Å². The second kappa shape index (κ2) is 15.5. The fourth-order valence-corrected chi connectivity index (χ4v) is 8.96. The molecule has 1 aromatic heterocycles. The quantitative estimate of drug-likeness (QED) is 0.337. The maximum absolute atomic E-state index is 13.4. The number of amides is 1. The number of nitrogens with zero attached hydrogens (tertiary/aromatic N) is 8. The summed E-state index contributed by atoms with van der Waals surface area (Å²) in [5.74, 6) is 0.938. The number of rotatable bonds is 10. The van der Waals surface area contributed by atoms with E-state index >= 15 is 0 Å². The highest BCUT2D eigenvalue weighted by atomic mass is 16.5. The van der Waals surface area contributed by atoms with E-state index in [-0.39, 0.29) is 11.9 Å². The molecule has 0 radical (unpaired) electrons. The number of anilines is 2. The SMILES string of the molecule is CC(C)N1CCCC1COc1nc2c(c(N3CCN(C(=O)C=CCN4CCCC4)C(CC#N)C3)n1)CCC(N1CCCc3ccccc31)C2. The van der Waals surface area contributed by atoms with Gasteiger partial charge in [0.1, 0.15) is 12.4 Å². The summed E-state index contributed by atoms with van der Waals surface area (Å²) in [6.07, 6.45) is 13.9. The molecule has 3 unspecified atom stereocenters. The van der Waals surface area contributed by atoms with Crippen molar-refractivity contribution in [1.29, 1.82) is 5.26 Å². The Kier molecular flexibility index (Phi) is 10.7. The van der Waals surface area contributed by atoms with E-state index in [0.717, 1.165) is 76.3 Å². The topological polar surface area (TPSA) is 92.1 Å². The Balaban J connectivity index is 1.12. The van der Waals surface area contributed by atoms with Gasteiger partial charge in [0, 0.05) is 74.6 Å². The Bertz CT molecular complexity index is 1530. The predicted octanol–water partition coefficient (Wildman–Crippen LogP) is 4.62. The molecule has 0 saturated carbocycles. The highest BCUT2D eigenvalue weighted by molar-refractivity contribution is 5.88. The molecule has 0 spiro atoms. The Labute approximate surface area is 292 Å². The van der Waals surface area contributed by atoms with Crippen LogP contribution < -0.4 is 14.5 Å². The Morgan fingerprint density at radius 2 is 1.86 bits per heavy atom. The predicted molar refractivity (Wildman–Crippen MR) is 193 cm³/mol. The van der Waals surface area contributed by atoms with Gasteiger partial charge in [0.25, 0.3) is 0 Å². The van der Waals surface area contributed by atoms with E-state index in [1.807, 2.05) is 11.0 Å². The standard InChI is InChI=1S/C39H54N8O2/c1-29(2)45-22-8-12-33(45)28-49-39-41-35-26-31(46-23-7-11-30-10-3-4-13-36(30)46)15-16-34(35)38(42-39)44-24-25-47(32(27-44)17-18-40)37(48)14-9-21-43-19-5-6-20-43/h3-4,9-10,13-14,29,31-33H,5-8,11-12,15-17,19-28H2,1-2H3. The van der Waals surface area contributed by atoms with E-state index < -0.39 is 0 Å². The molecule has 262 valence electrons. The van der Waals surface area contributed by atoms with Gasteiger partial charge in [-0.25, -0.2) is 0 Å². The first-order valence-corrected chi connectivity index (χ1v) is 18.9. The van der Waals surface area contributed by atoms with Gasteiger partial charge >= 0.3 is 6.01 Å². The van der Waals surface area contributed by atoms with E-state index in [1.165, 1.54) is 42.5 Å². The van der Waals surface area contributed by atoms with E-state index in [0.29, 0.717) is 56.8 Å². The summed E-state index contributed by atoms with van der Waals surface area (Å²) in [7, 11) is 0. The molecular formula is C39H54N8O2. The van der Waals surface area contributed by atoms with Crippen LogP contribution in [-0.4, -0.2) is 114 Å². The van der Waals surface area contributed by atoms with Crippen LogP contribution >= 0.6 is 0 Å². The van der Waals surface area contributed by atoms with Crippen LogP contribution in [0.4, 0.5) is 11.5 Å². The maximum atomic E-state index is 13.4. The zero-order valence-corrected chi connectivity index (χ0v) is 29.6. The lowest BCUT2D eigenvalue weighted by Crippen LogP contribution is -2.55. The number of benzene rings is 1. The molecule has 10 nitrogen and oxygen atoms in total. The number of aryl methyl sites for hydroxylation is 1. The first kappa shape index (κ1) is 33.8. The van der Waals surface area contributed by atoms with Crippen molar-refractivity contribution in [2.45, 2.75) is 102 Å². The number of fused-ring (bicyclic) bond motifs is 2. The van der Waals surface area contributed by atoms with Crippen molar-refractivity contribution in [1.82, 2.24) is 24.7 Å². The van der Waals surface area contributed by atoms with Crippen LogP contribution in [0.15, 0.2) is 36.4 Å². The summed E-state index contributed by atoms with van der Waals surface area (Å²) in [5.41, 5.74) is 5.11. The van der Waals surface area contributed by atoms with Crippen molar-refractivity contribution < 1.29 is 9.53 Å². The maximum Gasteiger partial charge on any atom is 0.318 e. The third-order valence-electron chi connectivity index (χ3n) is 11.5. The molecule has 4 aliphatic heterocycles. The fourth-order valence-electron chi connectivity index (χ4n) is 8.96. The first-order chi connectivity index (χ1) is 24.0. The van der Waals surface area contributed by atoms with Crippen molar-refractivity contribution in [2.75, 3.05) is 68.8 Å². The number of carbonyl (C=O) groups is 1. The van der Waals surface area contributed by atoms with Crippen molar-refractivity contribution in [3.05, 3.63) is 53.2 Å². The van der Waals surface area contributed by atoms with Crippen LogP contribution in [0.25, 0.3) is 0 Å². The molecule has 3 atom stereocenters. The minimum atomic E-state index is -0.197. The minimum Gasteiger partial charge on any atom is -0.462 e. The lowest BCUT2D eigenvalue weighted by atomic mass is 9.88. The van der Waals surface area contributed by atoms with Crippen molar-refractivity contribution in [3.8, 4) is 12.1 Å². The van der Waals surface area contributed by atoms with Gasteiger partial charge in [-0.15, -0.1) is 0 Å². The van der Waals surface area contributed by atoms with Gasteiger partial charge in [-0.2, -0.15) is 15.2 Å². The van der Waals surface area contributed by atoms with Crippen LogP contribution in [0.2, 0.25) is 0 Å². The molecular weight excluding hydrogens is 612 g/mol. The normalized spacial score (nSPS) is 24.8. The highest BCUT2D eigenvalue weighted by Gasteiger charge is 2.36. The zero-order valence-electron chi connectivity index (χ0n) is 29.6. The molecule has 1 aromatic carbocycles. The van der Waals surface area contributed by atoms with E-state index in [2.05, 4.69) is 63.8 Å². The number of ether oxygens (including phenoxy) is 1. The lowest BCUT2D eigenvalue weighted by molar-refractivity contribution is -0.128. The molecule has 5 heterocycles. The van der Waals surface area contributed by atoms with Crippen molar-refractivity contribution in [2.24, 2.45) is 0 Å². The molecule has 3 fully saturated rings. The van der Waals surface area contributed by atoms with E-state index in [1.54, 1.807) is 6.08 Å². The average molecular weight is 667 g/mol. The molecule has 49 heavy (non-hydrogen) atoms. The zero-order chi connectivity index (χ0) is 33.7. The molecule has 0 N–H and O–H groups in total. The fraction of sp³-hybridized carbons (Fsp3) is 0.641. The molecule has 3 saturated heterocycles. The Morgan fingerprint density at radius 3 is 2.69 bits per heavy atom. The molecule has 5 aliphatic rings. The monoisotopic (exact) mass is 666 g/mol. The summed E-state index contributed by atoms with van der Waals surface area (Å²) in [6.45, 7) is 12.1. The second-order valence-electron chi connectivity index (χ2n) is 14.9. The molecule has 2 aromatic rings. The van der Waals surface area contributed by atoms with Crippen molar-refractivity contribution >= 4 is 17.4 Å². The summed E-state index contributed by atoms with van der Waals surface area (Å²) in [4.78, 5) is 35.4. The van der Waals surface area contributed by atoms with Gasteiger partial charge in [-0.05, 0) is 96.5 Å². The van der Waals surface area contributed by atoms with Crippen LogP contribution in [0.5, 0.6) is 6.01 Å². The minimum absolute atomic E-state index is 0.00348. The Hall–Kier alpha value is -3.68. The van der Waals surface area contributed by atoms with Gasteiger partial charge in [0.15, 0.2) is 0 Å². The number of piperazine rings is 1. The number of nitriles is 1. The lowest BCUT2D eigenvalue weighted by Gasteiger charge is -2.43. The average Bonchev–Trinajstić information content (AvgIpc) is 3.83. The molecule has 7 rings (SSSR count). The third-order valence-corrected chi connectivity index (χ3v) is 11.5. The first-order valence-electron chi connectivity index (χ1n) is 18.9. The number of carbonyl (C=O) groups excluding carboxylic acids is 1. The number of likely N-dealkylation sites (tertiary alicyclic amines) is 2. The van der Waals surface area contributed by atoms with E-state index in [4.69, 9.17) is 14.7 Å². The largest absolute Gasteiger partial charge is 0.462 e. The summed E-state index contributed by atoms with van der Waals surface area (Å²) < 4.78 is 6.49. The second-order valence-corrected chi connectivity index (χ2v) is 14.9. The third kappa shape index (κ3) is 7.58. The smallest absolute Gasteiger partial charge is 0.318 e. The van der Waals surface area contributed by atoms with Gasteiger partial charge in [-0.1, -0.05) is 24.3 Å². The summed E-state index contributed by atoms with van der Waals surface area (Å²) in [6, 6.07) is 12.7. The van der Waals surface area contributed by atoms with E-state index in [9.17, 15) is 10.1 Å². The summed E-state index contributed by atoms with van der Waals surface area (Å²) in [5, 5.41) is 9.80. The molecule has 1 aliphatic carbocycles. The van der Waals surface area contributed by atoms with Crippen LogP contribution in [-0.2, 0) is 24.1 Å².